The molecule has 2 N–H and O–H groups in total. The van der Waals surface area contributed by atoms with Crippen LogP contribution in [0.5, 0.6) is 0 Å². The molecule has 29 heavy (non-hydrogen) atoms. The predicted molar refractivity (Wildman–Crippen MR) is 122 cm³/mol. The Morgan fingerprint density at radius 1 is 0.966 bits per heavy atom. The van der Waals surface area contributed by atoms with Gasteiger partial charge in [0.25, 0.3) is 0 Å². The van der Waals surface area contributed by atoms with Gasteiger partial charge in [0.2, 0.25) is 0 Å². The van der Waals surface area contributed by atoms with E-state index < -0.39 is 0 Å². The van der Waals surface area contributed by atoms with Gasteiger partial charge in [-0.15, -0.1) is 11.3 Å². The van der Waals surface area contributed by atoms with E-state index in [0.29, 0.717) is 10.9 Å². The lowest BCUT2D eigenvalue weighted by Gasteiger charge is -2.22. The zero-order chi connectivity index (χ0) is 19.8. The zero-order valence-electron chi connectivity index (χ0n) is 16.2. The summed E-state index contributed by atoms with van der Waals surface area (Å²) in [5, 5.41) is 2.91. The van der Waals surface area contributed by atoms with E-state index in [2.05, 4.69) is 36.4 Å². The number of nitrogens with two attached hydrogens (primary N) is 1. The van der Waals surface area contributed by atoms with Crippen LogP contribution in [-0.2, 0) is 19.3 Å². The van der Waals surface area contributed by atoms with Crippen molar-refractivity contribution in [3.05, 3.63) is 99.9 Å². The van der Waals surface area contributed by atoms with E-state index in [1.807, 2.05) is 36.4 Å². The number of nitrogen functional groups attached to an aromatic ring is 1. The molecule has 0 fully saturated rings. The minimum absolute atomic E-state index is 0.0623. The summed E-state index contributed by atoms with van der Waals surface area (Å²) in [6, 6.07) is 24.7. The lowest BCUT2D eigenvalue weighted by molar-refractivity contribution is 0.103. The fourth-order valence-electron chi connectivity index (χ4n) is 4.52. The highest BCUT2D eigenvalue weighted by molar-refractivity contribution is 7.16. The second-order valence-electron chi connectivity index (χ2n) is 7.93. The van der Waals surface area contributed by atoms with Gasteiger partial charge in [0.1, 0.15) is 0 Å². The van der Waals surface area contributed by atoms with Gasteiger partial charge in [0, 0.05) is 10.4 Å². The van der Waals surface area contributed by atoms with Crippen molar-refractivity contribution in [1.29, 1.82) is 0 Å². The second-order valence-corrected chi connectivity index (χ2v) is 9.07. The highest BCUT2D eigenvalue weighted by Gasteiger charge is 2.28. The molecule has 2 nitrogen and oxygen atoms in total. The predicted octanol–water partition coefficient (Wildman–Crippen LogP) is 6.06. The molecule has 3 heteroatoms. The van der Waals surface area contributed by atoms with Crippen molar-refractivity contribution in [3.8, 4) is 0 Å². The zero-order valence-corrected chi connectivity index (χ0v) is 17.0. The Balaban J connectivity index is 1.43. The number of hydrogen-bond donors (Lipinski definition) is 1. The van der Waals surface area contributed by atoms with Crippen molar-refractivity contribution < 1.29 is 4.79 Å². The molecule has 5 rings (SSSR count). The van der Waals surface area contributed by atoms with Crippen LogP contribution in [0.4, 0.5) is 5.00 Å². The van der Waals surface area contributed by atoms with Crippen LogP contribution in [0, 0.1) is 5.92 Å². The highest BCUT2D eigenvalue weighted by Crippen LogP contribution is 2.40. The molecule has 3 aromatic carbocycles. The molecule has 1 heterocycles. The molecule has 4 aromatic rings. The molecule has 0 spiro atoms. The van der Waals surface area contributed by atoms with Gasteiger partial charge in [-0.25, -0.2) is 0 Å². The van der Waals surface area contributed by atoms with Crippen molar-refractivity contribution >= 4 is 32.9 Å². The lowest BCUT2D eigenvalue weighted by Crippen LogP contribution is -2.17. The molecule has 0 bridgehead atoms. The second kappa shape index (κ2) is 7.49. The van der Waals surface area contributed by atoms with E-state index >= 15 is 0 Å². The molecule has 1 aromatic heterocycles. The molecular weight excluding hydrogens is 374 g/mol. The van der Waals surface area contributed by atoms with Crippen LogP contribution in [0.1, 0.15) is 38.3 Å². The summed E-state index contributed by atoms with van der Waals surface area (Å²) >= 11 is 1.61. The first-order valence-corrected chi connectivity index (χ1v) is 11.0. The number of benzene rings is 3. The van der Waals surface area contributed by atoms with Crippen LogP contribution in [0.2, 0.25) is 0 Å². The van der Waals surface area contributed by atoms with Gasteiger partial charge in [-0.3, -0.25) is 4.79 Å². The smallest absolute Gasteiger partial charge is 0.196 e. The van der Waals surface area contributed by atoms with E-state index in [4.69, 9.17) is 5.73 Å². The average Bonchev–Trinajstić information content (AvgIpc) is 3.08. The number of ketones is 1. The summed E-state index contributed by atoms with van der Waals surface area (Å²) in [5.74, 6) is 0.679. The van der Waals surface area contributed by atoms with Gasteiger partial charge in [0.15, 0.2) is 5.78 Å². The van der Waals surface area contributed by atoms with E-state index in [-0.39, 0.29) is 5.78 Å². The number of carbonyl (C=O) groups excluding carboxylic acids is 1. The molecule has 0 aliphatic heterocycles. The largest absolute Gasteiger partial charge is 0.390 e. The number of anilines is 1. The van der Waals surface area contributed by atoms with Gasteiger partial charge in [-0.05, 0) is 59.6 Å². The van der Waals surface area contributed by atoms with Crippen LogP contribution < -0.4 is 5.73 Å². The number of rotatable bonds is 4. The van der Waals surface area contributed by atoms with Crippen molar-refractivity contribution in [3.63, 3.8) is 0 Å². The SMILES string of the molecule is Nc1sc2c(c1C(=O)c1ccc3ccccc3c1)CCC(Cc1ccccc1)C2. The summed E-state index contributed by atoms with van der Waals surface area (Å²) in [7, 11) is 0. The third kappa shape index (κ3) is 3.47. The fourth-order valence-corrected chi connectivity index (χ4v) is 5.75. The summed E-state index contributed by atoms with van der Waals surface area (Å²) in [4.78, 5) is 14.6. The van der Waals surface area contributed by atoms with Gasteiger partial charge < -0.3 is 5.73 Å². The molecule has 1 aliphatic rings. The third-order valence-corrected chi connectivity index (χ3v) is 7.08. The van der Waals surface area contributed by atoms with Crippen molar-refractivity contribution in [1.82, 2.24) is 0 Å². The molecule has 144 valence electrons. The minimum atomic E-state index is 0.0623. The van der Waals surface area contributed by atoms with E-state index in [9.17, 15) is 4.79 Å². The summed E-state index contributed by atoms with van der Waals surface area (Å²) < 4.78 is 0. The fraction of sp³-hybridized carbons (Fsp3) is 0.192. The molecule has 1 aliphatic carbocycles. The third-order valence-electron chi connectivity index (χ3n) is 6.00. The van der Waals surface area contributed by atoms with Gasteiger partial charge in [-0.2, -0.15) is 0 Å². The number of fused-ring (bicyclic) bond motifs is 2. The molecule has 1 unspecified atom stereocenters. The van der Waals surface area contributed by atoms with Crippen molar-refractivity contribution in [2.24, 2.45) is 5.92 Å². The standard InChI is InChI=1S/C26H23NOS/c27-26-24(25(28)21-12-11-19-8-4-5-9-20(19)16-21)22-13-10-18(15-23(22)29-26)14-17-6-2-1-3-7-17/h1-9,11-12,16,18H,10,13-15,27H2. The monoisotopic (exact) mass is 397 g/mol. The van der Waals surface area contributed by atoms with Crippen LogP contribution in [0.15, 0.2) is 72.8 Å². The van der Waals surface area contributed by atoms with E-state index in [0.717, 1.165) is 47.6 Å². The maximum absolute atomic E-state index is 13.3. The van der Waals surface area contributed by atoms with Crippen LogP contribution in [0.3, 0.4) is 0 Å². The minimum Gasteiger partial charge on any atom is -0.390 e. The summed E-state index contributed by atoms with van der Waals surface area (Å²) in [6.07, 6.45) is 4.15. The van der Waals surface area contributed by atoms with E-state index in [1.54, 1.807) is 11.3 Å². The summed E-state index contributed by atoms with van der Waals surface area (Å²) in [6.45, 7) is 0. The molecule has 1 atom stereocenters. The first kappa shape index (κ1) is 18.1. The van der Waals surface area contributed by atoms with Gasteiger partial charge in [-0.1, -0.05) is 66.7 Å². The van der Waals surface area contributed by atoms with Crippen LogP contribution >= 0.6 is 11.3 Å². The maximum Gasteiger partial charge on any atom is 0.196 e. The topological polar surface area (TPSA) is 43.1 Å². The first-order valence-electron chi connectivity index (χ1n) is 10.2. The number of hydrogen-bond acceptors (Lipinski definition) is 3. The number of thiophene rings is 1. The van der Waals surface area contributed by atoms with Crippen molar-refractivity contribution in [2.45, 2.75) is 25.7 Å². The molecule has 0 amide bonds. The Labute approximate surface area is 175 Å². The molecule has 0 saturated heterocycles. The molecular formula is C26H23NOS. The summed E-state index contributed by atoms with van der Waals surface area (Å²) in [5.41, 5.74) is 10.4. The Kier molecular flexibility index (Phi) is 4.69. The highest BCUT2D eigenvalue weighted by atomic mass is 32.1. The maximum atomic E-state index is 13.3. The number of carbonyl (C=O) groups is 1. The molecule has 0 saturated carbocycles. The first-order chi connectivity index (χ1) is 14.2. The van der Waals surface area contributed by atoms with Gasteiger partial charge >= 0.3 is 0 Å². The molecule has 0 radical (unpaired) electrons. The van der Waals surface area contributed by atoms with Crippen LogP contribution in [0.25, 0.3) is 10.8 Å². The van der Waals surface area contributed by atoms with Crippen molar-refractivity contribution in [2.75, 3.05) is 5.73 Å². The van der Waals surface area contributed by atoms with Crippen LogP contribution in [-0.4, -0.2) is 5.78 Å². The Bertz CT molecular complexity index is 1190. The normalized spacial score (nSPS) is 15.9. The Morgan fingerprint density at radius 2 is 1.72 bits per heavy atom. The Morgan fingerprint density at radius 3 is 2.55 bits per heavy atom. The van der Waals surface area contributed by atoms with E-state index in [1.165, 1.54) is 16.0 Å². The Hall–Kier alpha value is -2.91. The quantitative estimate of drug-likeness (QED) is 0.425. The average molecular weight is 398 g/mol. The lowest BCUT2D eigenvalue weighted by atomic mass is 9.82. The van der Waals surface area contributed by atoms with Gasteiger partial charge in [0.05, 0.1) is 10.6 Å².